The first kappa shape index (κ1) is 28.7. The normalized spacial score (nSPS) is 23.9. The number of nitrogens with two attached hydrogens (primary N) is 1. The molecule has 2 amide bonds. The maximum absolute atomic E-state index is 12.6. The lowest BCUT2D eigenvalue weighted by Crippen LogP contribution is -2.43. The molecule has 0 bridgehead atoms. The number of aromatic nitrogens is 4. The Balaban J connectivity index is 1.07. The van der Waals surface area contributed by atoms with Crippen LogP contribution in [0.3, 0.4) is 0 Å². The van der Waals surface area contributed by atoms with Gasteiger partial charge in [-0.05, 0) is 61.8 Å². The SMILES string of the molecule is COc1ccc(OC(=O)N2CCC(CC#Cc3nc(N)c4ncn(C5OC(C(=O)NC6CC6)[C@H](O)[C@@H]5O)c4n3)CC2)cc1. The molecule has 6 rings (SSSR count). The summed E-state index contributed by atoms with van der Waals surface area (Å²) in [6.45, 7) is 1.12. The molecule has 2 aromatic heterocycles. The van der Waals surface area contributed by atoms with Gasteiger partial charge in [0, 0.05) is 25.6 Å². The van der Waals surface area contributed by atoms with Crippen LogP contribution in [-0.2, 0) is 9.53 Å². The van der Waals surface area contributed by atoms with Crippen LogP contribution >= 0.6 is 0 Å². The third-order valence-corrected chi connectivity index (χ3v) is 7.87. The number of nitrogens with one attached hydrogen (secondary N) is 1. The molecule has 2 saturated heterocycles. The van der Waals surface area contributed by atoms with Crippen molar-refractivity contribution in [3.05, 3.63) is 36.4 Å². The molecule has 3 aromatic rings. The second-order valence-corrected chi connectivity index (χ2v) is 10.9. The Morgan fingerprint density at radius 3 is 2.51 bits per heavy atom. The van der Waals surface area contributed by atoms with Crippen molar-refractivity contribution in [2.45, 2.75) is 62.7 Å². The highest BCUT2D eigenvalue weighted by Crippen LogP contribution is 2.33. The number of imidazole rings is 1. The van der Waals surface area contributed by atoms with E-state index in [-0.39, 0.29) is 40.9 Å². The van der Waals surface area contributed by atoms with Gasteiger partial charge in [0.1, 0.15) is 29.2 Å². The monoisotopic (exact) mass is 591 g/mol. The van der Waals surface area contributed by atoms with Crippen molar-refractivity contribution in [2.75, 3.05) is 25.9 Å². The predicted molar refractivity (Wildman–Crippen MR) is 152 cm³/mol. The molecule has 2 unspecified atom stereocenters. The largest absolute Gasteiger partial charge is 0.497 e. The minimum absolute atomic E-state index is 0.0800. The molecule has 14 heteroatoms. The molecule has 14 nitrogen and oxygen atoms in total. The Morgan fingerprint density at radius 1 is 1.09 bits per heavy atom. The molecular weight excluding hydrogens is 558 g/mol. The van der Waals surface area contributed by atoms with Crippen molar-refractivity contribution in [3.63, 3.8) is 0 Å². The molecule has 1 aromatic carbocycles. The van der Waals surface area contributed by atoms with E-state index in [0.29, 0.717) is 31.0 Å². The van der Waals surface area contributed by atoms with Gasteiger partial charge in [-0.1, -0.05) is 5.92 Å². The summed E-state index contributed by atoms with van der Waals surface area (Å²) in [6.07, 6.45) is -0.267. The van der Waals surface area contributed by atoms with Crippen LogP contribution in [0.4, 0.5) is 10.6 Å². The van der Waals surface area contributed by atoms with Crippen molar-refractivity contribution in [2.24, 2.45) is 5.92 Å². The minimum Gasteiger partial charge on any atom is -0.497 e. The lowest BCUT2D eigenvalue weighted by Gasteiger charge is -2.30. The lowest BCUT2D eigenvalue weighted by molar-refractivity contribution is -0.137. The van der Waals surface area contributed by atoms with Crippen LogP contribution < -0.4 is 20.5 Å². The summed E-state index contributed by atoms with van der Waals surface area (Å²) >= 11 is 0. The number of rotatable bonds is 6. The van der Waals surface area contributed by atoms with Gasteiger partial charge >= 0.3 is 6.09 Å². The first-order chi connectivity index (χ1) is 20.8. The molecule has 43 heavy (non-hydrogen) atoms. The number of carbonyl (C=O) groups is 2. The molecule has 4 heterocycles. The number of anilines is 1. The van der Waals surface area contributed by atoms with E-state index in [9.17, 15) is 19.8 Å². The van der Waals surface area contributed by atoms with E-state index in [0.717, 1.165) is 25.7 Å². The maximum atomic E-state index is 12.6. The van der Waals surface area contributed by atoms with E-state index < -0.39 is 30.4 Å². The standard InChI is InChI=1S/C29H33N7O7/c1-41-18-7-9-19(10-8-18)42-29(40)35-13-11-16(12-14-35)3-2-4-20-33-25(30)21-26(34-20)36(15-31-21)28-23(38)22(37)24(43-28)27(39)32-17-5-6-17/h7-10,15-17,22-24,28,37-38H,3,5-6,11-14H2,1H3,(H,32,39)(H2,30,33,34)/t22-,23+,24?,28?/m1/s1. The summed E-state index contributed by atoms with van der Waals surface area (Å²) in [4.78, 5) is 39.7. The molecule has 0 radical (unpaired) electrons. The number of nitrogen functional groups attached to an aromatic ring is 1. The van der Waals surface area contributed by atoms with Crippen LogP contribution in [0.5, 0.6) is 11.5 Å². The number of aliphatic hydroxyl groups excluding tert-OH is 2. The van der Waals surface area contributed by atoms with Gasteiger partial charge in [0.25, 0.3) is 5.91 Å². The van der Waals surface area contributed by atoms with Crippen LogP contribution in [0.15, 0.2) is 30.6 Å². The van der Waals surface area contributed by atoms with Crippen LogP contribution in [0, 0.1) is 17.8 Å². The first-order valence-electron chi connectivity index (χ1n) is 14.2. The van der Waals surface area contributed by atoms with E-state index in [1.807, 2.05) is 0 Å². The number of likely N-dealkylation sites (tertiary alicyclic amines) is 1. The maximum Gasteiger partial charge on any atom is 0.415 e. The van der Waals surface area contributed by atoms with E-state index >= 15 is 0 Å². The molecule has 1 saturated carbocycles. The van der Waals surface area contributed by atoms with Gasteiger partial charge in [0.2, 0.25) is 5.82 Å². The Hall–Kier alpha value is -4.45. The smallest absolute Gasteiger partial charge is 0.415 e. The molecule has 226 valence electrons. The summed E-state index contributed by atoms with van der Waals surface area (Å²) < 4.78 is 17.8. The number of benzene rings is 1. The number of nitrogens with zero attached hydrogens (tertiary/aromatic N) is 5. The van der Waals surface area contributed by atoms with Gasteiger partial charge in [-0.25, -0.2) is 19.7 Å². The van der Waals surface area contributed by atoms with Gasteiger partial charge in [0.15, 0.2) is 23.8 Å². The second-order valence-electron chi connectivity index (χ2n) is 10.9. The zero-order chi connectivity index (χ0) is 30.1. The summed E-state index contributed by atoms with van der Waals surface area (Å²) in [5.41, 5.74) is 6.68. The van der Waals surface area contributed by atoms with Crippen molar-refractivity contribution < 1.29 is 34.0 Å². The third-order valence-electron chi connectivity index (χ3n) is 7.87. The molecule has 5 N–H and O–H groups in total. The van der Waals surface area contributed by atoms with Gasteiger partial charge in [-0.15, -0.1) is 0 Å². The van der Waals surface area contributed by atoms with Crippen molar-refractivity contribution in [1.29, 1.82) is 0 Å². The number of hydrogen-bond acceptors (Lipinski definition) is 11. The van der Waals surface area contributed by atoms with Crippen LogP contribution in [0.1, 0.15) is 44.2 Å². The topological polar surface area (TPSA) is 187 Å². The molecule has 3 fully saturated rings. The lowest BCUT2D eigenvalue weighted by atomic mass is 9.94. The average Bonchev–Trinajstić information content (AvgIpc) is 3.64. The van der Waals surface area contributed by atoms with Crippen molar-refractivity contribution in [1.82, 2.24) is 29.7 Å². The molecule has 3 aliphatic rings. The van der Waals surface area contributed by atoms with Crippen molar-refractivity contribution >= 4 is 29.0 Å². The number of methoxy groups -OCH3 is 1. The van der Waals surface area contributed by atoms with Gasteiger partial charge < -0.3 is 40.4 Å². The number of hydrogen-bond donors (Lipinski definition) is 4. The Morgan fingerprint density at radius 2 is 1.81 bits per heavy atom. The highest BCUT2D eigenvalue weighted by Gasteiger charge is 2.48. The van der Waals surface area contributed by atoms with Crippen LogP contribution in [-0.4, -0.2) is 91.2 Å². The van der Waals surface area contributed by atoms with E-state index in [1.54, 1.807) is 36.3 Å². The Labute approximate surface area is 247 Å². The quantitative estimate of drug-likeness (QED) is 0.299. The fourth-order valence-electron chi connectivity index (χ4n) is 5.20. The van der Waals surface area contributed by atoms with Crippen molar-refractivity contribution in [3.8, 4) is 23.3 Å². The highest BCUT2D eigenvalue weighted by atomic mass is 16.6. The summed E-state index contributed by atoms with van der Waals surface area (Å²) in [5.74, 6) is 7.31. The summed E-state index contributed by atoms with van der Waals surface area (Å²) in [7, 11) is 1.57. The first-order valence-corrected chi connectivity index (χ1v) is 14.2. The number of carbonyl (C=O) groups excluding carboxylic acids is 2. The van der Waals surface area contributed by atoms with E-state index in [1.165, 1.54) is 10.9 Å². The molecule has 2 aliphatic heterocycles. The Bertz CT molecular complexity index is 1550. The number of ether oxygens (including phenoxy) is 3. The van der Waals surface area contributed by atoms with Gasteiger partial charge in [0.05, 0.1) is 13.4 Å². The van der Waals surface area contributed by atoms with Crippen LogP contribution in [0.25, 0.3) is 11.2 Å². The second kappa shape index (κ2) is 12.0. The van der Waals surface area contributed by atoms with Crippen LogP contribution in [0.2, 0.25) is 0 Å². The summed E-state index contributed by atoms with van der Waals surface area (Å²) in [5, 5.41) is 24.0. The zero-order valence-electron chi connectivity index (χ0n) is 23.5. The predicted octanol–water partition coefficient (Wildman–Crippen LogP) is 0.968. The molecule has 4 atom stereocenters. The van der Waals surface area contributed by atoms with E-state index in [2.05, 4.69) is 32.1 Å². The zero-order valence-corrected chi connectivity index (χ0v) is 23.5. The van der Waals surface area contributed by atoms with E-state index in [4.69, 9.17) is 19.9 Å². The van der Waals surface area contributed by atoms with Gasteiger partial charge in [-0.3, -0.25) is 9.36 Å². The van der Waals surface area contributed by atoms with Gasteiger partial charge in [-0.2, -0.15) is 0 Å². The highest BCUT2D eigenvalue weighted by molar-refractivity contribution is 5.83. The fourth-order valence-corrected chi connectivity index (χ4v) is 5.20. The minimum atomic E-state index is -1.42. The summed E-state index contributed by atoms with van der Waals surface area (Å²) in [6, 6.07) is 6.93. The Kier molecular flexibility index (Phi) is 8.02. The number of fused-ring (bicyclic) bond motifs is 1. The average molecular weight is 592 g/mol. The number of aliphatic hydroxyl groups is 2. The fraction of sp³-hybridized carbons (Fsp3) is 0.483. The molecular formula is C29H33N7O7. The number of piperidine rings is 1. The number of amides is 2. The molecule has 1 aliphatic carbocycles. The third kappa shape index (κ3) is 6.19. The molecule has 0 spiro atoms.